The maximum atomic E-state index is 12.2. The normalized spacial score (nSPS) is 10.6. The number of nitriles is 1. The summed E-state index contributed by atoms with van der Waals surface area (Å²) in [5, 5.41) is 14.8. The summed E-state index contributed by atoms with van der Waals surface area (Å²) in [5.41, 5.74) is 1.91. The number of nitrogens with one attached hydrogen (secondary N) is 2. The van der Waals surface area contributed by atoms with Gasteiger partial charge in [-0.25, -0.2) is 0 Å². The van der Waals surface area contributed by atoms with Crippen LogP contribution in [-0.4, -0.2) is 18.8 Å². The largest absolute Gasteiger partial charge is 0.496 e. The van der Waals surface area contributed by atoms with Gasteiger partial charge >= 0.3 is 0 Å². The number of hydrogen-bond acceptors (Lipinski definition) is 5. The molecule has 6 nitrogen and oxygen atoms in total. The third-order valence-corrected chi connectivity index (χ3v) is 3.65. The van der Waals surface area contributed by atoms with Gasteiger partial charge < -0.3 is 15.4 Å². The van der Waals surface area contributed by atoms with Crippen molar-refractivity contribution in [3.05, 3.63) is 71.4 Å². The Morgan fingerprint density at radius 3 is 2.46 bits per heavy atom. The van der Waals surface area contributed by atoms with Crippen LogP contribution < -0.4 is 15.4 Å². The molecule has 2 aromatic carbocycles. The highest BCUT2D eigenvalue weighted by Crippen LogP contribution is 2.16. The third-order valence-electron chi connectivity index (χ3n) is 3.65. The summed E-state index contributed by atoms with van der Waals surface area (Å²) < 4.78 is 5.25. The molecule has 0 saturated carbocycles. The molecule has 26 heavy (non-hydrogen) atoms. The molecule has 132 valence electrons. The molecule has 0 bridgehead atoms. The predicted molar refractivity (Wildman–Crippen MR) is 98.6 cm³/mol. The summed E-state index contributed by atoms with van der Waals surface area (Å²) in [4.78, 5) is 23.5. The van der Waals surface area contributed by atoms with Crippen LogP contribution in [0.1, 0.15) is 22.8 Å². The maximum absolute atomic E-state index is 12.2. The lowest BCUT2D eigenvalue weighted by atomic mass is 10.1. The zero-order valence-corrected chi connectivity index (χ0v) is 14.6. The minimum Gasteiger partial charge on any atom is -0.496 e. The fraction of sp³-hybridized carbons (Fsp3) is 0.150. The van der Waals surface area contributed by atoms with Gasteiger partial charge in [0.2, 0.25) is 0 Å². The minimum atomic E-state index is -0.532. The molecular weight excluding hydrogens is 330 g/mol. The average molecular weight is 349 g/mol. The van der Waals surface area contributed by atoms with Crippen molar-refractivity contribution in [1.29, 1.82) is 5.26 Å². The van der Waals surface area contributed by atoms with Gasteiger partial charge in [-0.1, -0.05) is 18.2 Å². The van der Waals surface area contributed by atoms with Gasteiger partial charge in [0.25, 0.3) is 5.91 Å². The van der Waals surface area contributed by atoms with Crippen molar-refractivity contribution in [3.63, 3.8) is 0 Å². The van der Waals surface area contributed by atoms with Gasteiger partial charge in [-0.15, -0.1) is 0 Å². The Bertz CT molecular complexity index is 865. The van der Waals surface area contributed by atoms with Crippen LogP contribution in [0.15, 0.2) is 60.3 Å². The van der Waals surface area contributed by atoms with Crippen molar-refractivity contribution in [1.82, 2.24) is 5.32 Å². The van der Waals surface area contributed by atoms with Crippen LogP contribution in [0.3, 0.4) is 0 Å². The molecule has 0 heterocycles. The molecule has 0 radical (unpaired) electrons. The number of methoxy groups -OCH3 is 1. The van der Waals surface area contributed by atoms with E-state index < -0.39 is 5.91 Å². The Morgan fingerprint density at radius 2 is 1.85 bits per heavy atom. The Morgan fingerprint density at radius 1 is 1.15 bits per heavy atom. The second-order valence-electron chi connectivity index (χ2n) is 5.45. The summed E-state index contributed by atoms with van der Waals surface area (Å²) in [6.45, 7) is 1.88. The smallest absolute Gasteiger partial charge is 0.267 e. The number of ketones is 1. The van der Waals surface area contributed by atoms with Gasteiger partial charge in [0.15, 0.2) is 5.78 Å². The van der Waals surface area contributed by atoms with Crippen molar-refractivity contribution < 1.29 is 14.3 Å². The fourth-order valence-corrected chi connectivity index (χ4v) is 2.25. The highest BCUT2D eigenvalue weighted by Gasteiger charge is 2.10. The zero-order valence-electron chi connectivity index (χ0n) is 14.6. The lowest BCUT2D eigenvalue weighted by Gasteiger charge is -2.08. The van der Waals surface area contributed by atoms with E-state index in [1.54, 1.807) is 31.4 Å². The van der Waals surface area contributed by atoms with Gasteiger partial charge in [-0.2, -0.15) is 5.26 Å². The van der Waals surface area contributed by atoms with Crippen LogP contribution in [0.25, 0.3) is 0 Å². The van der Waals surface area contributed by atoms with E-state index >= 15 is 0 Å². The first-order valence-electron chi connectivity index (χ1n) is 7.93. The summed E-state index contributed by atoms with van der Waals surface area (Å²) in [7, 11) is 1.58. The lowest BCUT2D eigenvalue weighted by Crippen LogP contribution is -2.16. The summed E-state index contributed by atoms with van der Waals surface area (Å²) in [5.74, 6) is 0.138. The zero-order chi connectivity index (χ0) is 18.9. The van der Waals surface area contributed by atoms with Crippen LogP contribution >= 0.6 is 0 Å². The Kier molecular flexibility index (Phi) is 6.52. The highest BCUT2D eigenvalue weighted by molar-refractivity contribution is 6.06. The van der Waals surface area contributed by atoms with E-state index in [2.05, 4.69) is 10.6 Å². The molecule has 0 aliphatic rings. The van der Waals surface area contributed by atoms with Crippen molar-refractivity contribution in [2.75, 3.05) is 12.4 Å². The van der Waals surface area contributed by atoms with Crippen LogP contribution in [0.5, 0.6) is 5.75 Å². The van der Waals surface area contributed by atoms with Gasteiger partial charge in [-0.05, 0) is 37.3 Å². The molecule has 2 rings (SSSR count). The SMILES string of the molecule is COc1ccccc1CN/C=C(/C#N)C(=O)Nc1ccc(C(C)=O)cc1. The number of ether oxygens (including phenoxy) is 1. The van der Waals surface area contributed by atoms with Crippen molar-refractivity contribution in [2.24, 2.45) is 0 Å². The van der Waals surface area contributed by atoms with E-state index in [1.807, 2.05) is 30.3 Å². The first-order chi connectivity index (χ1) is 12.5. The van der Waals surface area contributed by atoms with Crippen LogP contribution in [0.4, 0.5) is 5.69 Å². The Hall–Kier alpha value is -3.59. The highest BCUT2D eigenvalue weighted by atomic mass is 16.5. The molecule has 0 unspecified atom stereocenters. The standard InChI is InChI=1S/C20H19N3O3/c1-14(24)15-7-9-18(10-8-15)23-20(25)17(11-21)13-22-12-16-5-3-4-6-19(16)26-2/h3-10,13,22H,12H2,1-2H3,(H,23,25)/b17-13-. The molecule has 1 amide bonds. The molecule has 6 heteroatoms. The van der Waals surface area contributed by atoms with E-state index in [1.165, 1.54) is 13.1 Å². The summed E-state index contributed by atoms with van der Waals surface area (Å²) >= 11 is 0. The van der Waals surface area contributed by atoms with Gasteiger partial charge in [0, 0.05) is 29.6 Å². The topological polar surface area (TPSA) is 91.2 Å². The molecule has 2 aromatic rings. The van der Waals surface area contributed by atoms with E-state index in [0.717, 1.165) is 11.3 Å². The van der Waals surface area contributed by atoms with E-state index in [-0.39, 0.29) is 11.4 Å². The van der Waals surface area contributed by atoms with Gasteiger partial charge in [-0.3, -0.25) is 9.59 Å². The van der Waals surface area contributed by atoms with Crippen LogP contribution in [0.2, 0.25) is 0 Å². The van der Waals surface area contributed by atoms with Crippen molar-refractivity contribution in [3.8, 4) is 11.8 Å². The number of para-hydroxylation sites is 1. The summed E-state index contributed by atoms with van der Waals surface area (Å²) in [6, 6.07) is 15.8. The number of rotatable bonds is 7. The number of carbonyl (C=O) groups excluding carboxylic acids is 2. The number of carbonyl (C=O) groups is 2. The Balaban J connectivity index is 2.00. The molecule has 2 N–H and O–H groups in total. The third kappa shape index (κ3) is 4.95. The van der Waals surface area contributed by atoms with Crippen molar-refractivity contribution in [2.45, 2.75) is 13.5 Å². The van der Waals surface area contributed by atoms with E-state index in [4.69, 9.17) is 4.74 Å². The number of nitrogens with zero attached hydrogens (tertiary/aromatic N) is 1. The minimum absolute atomic E-state index is 0.0546. The molecular formula is C20H19N3O3. The Labute approximate surface area is 152 Å². The van der Waals surface area contributed by atoms with Crippen LogP contribution in [-0.2, 0) is 11.3 Å². The lowest BCUT2D eigenvalue weighted by molar-refractivity contribution is -0.112. The average Bonchev–Trinajstić information content (AvgIpc) is 2.65. The molecule has 0 aliphatic carbocycles. The molecule has 0 fully saturated rings. The molecule has 0 aliphatic heterocycles. The first kappa shape index (κ1) is 18.7. The van der Waals surface area contributed by atoms with E-state index in [9.17, 15) is 14.9 Å². The summed E-state index contributed by atoms with van der Waals surface area (Å²) in [6.07, 6.45) is 1.37. The van der Waals surface area contributed by atoms with Gasteiger partial charge in [0.1, 0.15) is 17.4 Å². The maximum Gasteiger partial charge on any atom is 0.267 e. The number of amides is 1. The van der Waals surface area contributed by atoms with E-state index in [0.29, 0.717) is 17.8 Å². The molecule has 0 atom stereocenters. The number of benzene rings is 2. The predicted octanol–water partition coefficient (Wildman–Crippen LogP) is 3.03. The molecule has 0 spiro atoms. The fourth-order valence-electron chi connectivity index (χ4n) is 2.25. The van der Waals surface area contributed by atoms with Gasteiger partial charge in [0.05, 0.1) is 7.11 Å². The first-order valence-corrected chi connectivity index (χ1v) is 7.93. The number of Topliss-reactive ketones (excluding diaryl/α,β-unsaturated/α-hetero) is 1. The monoisotopic (exact) mass is 349 g/mol. The van der Waals surface area contributed by atoms with Crippen LogP contribution in [0, 0.1) is 11.3 Å². The molecule has 0 saturated heterocycles. The second kappa shape index (κ2) is 9.04. The quantitative estimate of drug-likeness (QED) is 0.455. The number of hydrogen-bond donors (Lipinski definition) is 2. The number of anilines is 1. The van der Waals surface area contributed by atoms with Crippen molar-refractivity contribution >= 4 is 17.4 Å². The molecule has 0 aromatic heterocycles. The second-order valence-corrected chi connectivity index (χ2v) is 5.45.